The van der Waals surface area contributed by atoms with Gasteiger partial charge in [0.25, 0.3) is 5.91 Å². The molecule has 1 fully saturated rings. The lowest BCUT2D eigenvalue weighted by atomic mass is 9.94. The lowest BCUT2D eigenvalue weighted by Crippen LogP contribution is -2.53. The highest BCUT2D eigenvalue weighted by molar-refractivity contribution is 5.82. The maximum absolute atomic E-state index is 12.2. The molecular formula is C15H19NO5. The average Bonchev–Trinajstić information content (AvgIpc) is 2.87. The van der Waals surface area contributed by atoms with Crippen molar-refractivity contribution < 1.29 is 24.2 Å². The van der Waals surface area contributed by atoms with E-state index in [4.69, 9.17) is 14.6 Å². The number of carboxylic acids is 1. The minimum absolute atomic E-state index is 0.156. The van der Waals surface area contributed by atoms with Gasteiger partial charge in [-0.3, -0.25) is 9.59 Å². The van der Waals surface area contributed by atoms with Crippen LogP contribution in [0.1, 0.15) is 19.8 Å². The van der Waals surface area contributed by atoms with Gasteiger partial charge < -0.3 is 19.9 Å². The molecule has 1 amide bonds. The molecule has 0 aliphatic carbocycles. The van der Waals surface area contributed by atoms with Crippen LogP contribution in [0.15, 0.2) is 30.3 Å². The fraction of sp³-hybridized carbons (Fsp3) is 0.467. The number of hydrogen-bond acceptors (Lipinski definition) is 4. The zero-order chi connectivity index (χ0) is 15.3. The molecule has 0 radical (unpaired) electrons. The van der Waals surface area contributed by atoms with E-state index >= 15 is 0 Å². The molecule has 2 atom stereocenters. The Hall–Kier alpha value is -2.08. The van der Waals surface area contributed by atoms with Crippen LogP contribution in [0.3, 0.4) is 0 Å². The summed E-state index contributed by atoms with van der Waals surface area (Å²) < 4.78 is 10.8. The van der Waals surface area contributed by atoms with Gasteiger partial charge in [0.2, 0.25) is 0 Å². The fourth-order valence-corrected chi connectivity index (χ4v) is 2.30. The molecule has 1 aromatic rings. The van der Waals surface area contributed by atoms with E-state index in [9.17, 15) is 9.59 Å². The monoisotopic (exact) mass is 293 g/mol. The molecule has 0 spiro atoms. The van der Waals surface area contributed by atoms with Crippen molar-refractivity contribution in [1.82, 2.24) is 5.32 Å². The number of carbonyl (C=O) groups excluding carboxylic acids is 1. The van der Waals surface area contributed by atoms with Gasteiger partial charge >= 0.3 is 5.97 Å². The molecule has 2 N–H and O–H groups in total. The molecule has 2 rings (SSSR count). The molecule has 1 aliphatic rings. The summed E-state index contributed by atoms with van der Waals surface area (Å²) in [5.74, 6) is -0.710. The van der Waals surface area contributed by atoms with E-state index in [1.807, 2.05) is 18.2 Å². The molecule has 1 heterocycles. The second-order valence-corrected chi connectivity index (χ2v) is 5.22. The summed E-state index contributed by atoms with van der Waals surface area (Å²) >= 11 is 0. The molecular weight excluding hydrogens is 274 g/mol. The second-order valence-electron chi connectivity index (χ2n) is 5.22. The number of carbonyl (C=O) groups is 2. The van der Waals surface area contributed by atoms with Crippen LogP contribution in [-0.4, -0.2) is 41.8 Å². The Morgan fingerprint density at radius 2 is 2.14 bits per heavy atom. The third-order valence-electron chi connectivity index (χ3n) is 3.41. The summed E-state index contributed by atoms with van der Waals surface area (Å²) in [6.07, 6.45) is -0.376. The Balaban J connectivity index is 1.97. The molecule has 1 aliphatic heterocycles. The molecule has 21 heavy (non-hydrogen) atoms. The first-order valence-electron chi connectivity index (χ1n) is 6.84. The molecule has 1 aromatic carbocycles. The SMILES string of the molecule is CC(Oc1ccccc1)C(=O)NC1(CC(=O)O)CCOC1. The largest absolute Gasteiger partial charge is 0.481 e. The van der Waals surface area contributed by atoms with E-state index in [0.29, 0.717) is 18.8 Å². The maximum atomic E-state index is 12.2. The topological polar surface area (TPSA) is 84.9 Å². The summed E-state index contributed by atoms with van der Waals surface area (Å²) in [5.41, 5.74) is -0.836. The highest BCUT2D eigenvalue weighted by Gasteiger charge is 2.39. The van der Waals surface area contributed by atoms with Crippen LogP contribution in [0.25, 0.3) is 0 Å². The Labute approximate surface area is 123 Å². The zero-order valence-corrected chi connectivity index (χ0v) is 11.9. The van der Waals surface area contributed by atoms with Crippen molar-refractivity contribution in [2.75, 3.05) is 13.2 Å². The number of carboxylic acid groups (broad SMARTS) is 1. The Morgan fingerprint density at radius 3 is 2.71 bits per heavy atom. The van der Waals surface area contributed by atoms with E-state index < -0.39 is 17.6 Å². The van der Waals surface area contributed by atoms with Gasteiger partial charge in [0, 0.05) is 6.61 Å². The van der Waals surface area contributed by atoms with Crippen molar-refractivity contribution in [2.24, 2.45) is 0 Å². The fourth-order valence-electron chi connectivity index (χ4n) is 2.30. The Kier molecular flexibility index (Phi) is 4.80. The van der Waals surface area contributed by atoms with E-state index in [1.54, 1.807) is 19.1 Å². The van der Waals surface area contributed by atoms with Crippen LogP contribution >= 0.6 is 0 Å². The normalized spacial score (nSPS) is 22.5. The van der Waals surface area contributed by atoms with Gasteiger partial charge in [-0.2, -0.15) is 0 Å². The lowest BCUT2D eigenvalue weighted by molar-refractivity contribution is -0.139. The van der Waals surface area contributed by atoms with Gasteiger partial charge in [-0.25, -0.2) is 0 Å². The van der Waals surface area contributed by atoms with Crippen LogP contribution in [-0.2, 0) is 14.3 Å². The Bertz CT molecular complexity index is 496. The lowest BCUT2D eigenvalue weighted by Gasteiger charge is -2.28. The number of benzene rings is 1. The minimum atomic E-state index is -0.961. The van der Waals surface area contributed by atoms with Crippen molar-refractivity contribution >= 4 is 11.9 Å². The third kappa shape index (κ3) is 4.19. The first-order chi connectivity index (χ1) is 10.0. The van der Waals surface area contributed by atoms with Gasteiger partial charge in [0.1, 0.15) is 5.75 Å². The molecule has 2 unspecified atom stereocenters. The van der Waals surface area contributed by atoms with Crippen molar-refractivity contribution in [2.45, 2.75) is 31.4 Å². The quantitative estimate of drug-likeness (QED) is 0.823. The van der Waals surface area contributed by atoms with Crippen LogP contribution in [0.4, 0.5) is 0 Å². The van der Waals surface area contributed by atoms with E-state index in [-0.39, 0.29) is 18.9 Å². The predicted octanol–water partition coefficient (Wildman–Crippen LogP) is 1.20. The number of hydrogen-bond donors (Lipinski definition) is 2. The maximum Gasteiger partial charge on any atom is 0.305 e. The van der Waals surface area contributed by atoms with E-state index in [2.05, 4.69) is 5.32 Å². The molecule has 1 saturated heterocycles. The molecule has 6 heteroatoms. The average molecular weight is 293 g/mol. The van der Waals surface area contributed by atoms with Crippen LogP contribution < -0.4 is 10.1 Å². The van der Waals surface area contributed by atoms with Crippen molar-refractivity contribution in [1.29, 1.82) is 0 Å². The van der Waals surface area contributed by atoms with Gasteiger partial charge in [0.05, 0.1) is 18.6 Å². The number of rotatable bonds is 6. The number of amides is 1. The number of aliphatic carboxylic acids is 1. The summed E-state index contributed by atoms with van der Waals surface area (Å²) in [4.78, 5) is 23.2. The second kappa shape index (κ2) is 6.58. The van der Waals surface area contributed by atoms with Crippen molar-refractivity contribution in [3.63, 3.8) is 0 Å². The van der Waals surface area contributed by atoms with E-state index in [0.717, 1.165) is 0 Å². The zero-order valence-electron chi connectivity index (χ0n) is 11.9. The molecule has 0 aromatic heterocycles. The van der Waals surface area contributed by atoms with Crippen LogP contribution in [0.5, 0.6) is 5.75 Å². The van der Waals surface area contributed by atoms with Gasteiger partial charge in [-0.15, -0.1) is 0 Å². The first-order valence-corrected chi connectivity index (χ1v) is 6.84. The Morgan fingerprint density at radius 1 is 1.43 bits per heavy atom. The number of para-hydroxylation sites is 1. The minimum Gasteiger partial charge on any atom is -0.481 e. The van der Waals surface area contributed by atoms with Crippen molar-refractivity contribution in [3.05, 3.63) is 30.3 Å². The van der Waals surface area contributed by atoms with Crippen LogP contribution in [0, 0.1) is 0 Å². The number of nitrogens with one attached hydrogen (secondary N) is 1. The first kappa shape index (κ1) is 15.3. The molecule has 114 valence electrons. The summed E-state index contributed by atoms with van der Waals surface area (Å²) in [6, 6.07) is 9.01. The molecule has 0 saturated carbocycles. The van der Waals surface area contributed by atoms with Gasteiger partial charge in [0.15, 0.2) is 6.10 Å². The van der Waals surface area contributed by atoms with E-state index in [1.165, 1.54) is 0 Å². The highest BCUT2D eigenvalue weighted by atomic mass is 16.5. The molecule has 6 nitrogen and oxygen atoms in total. The van der Waals surface area contributed by atoms with Gasteiger partial charge in [-0.05, 0) is 25.5 Å². The molecule has 0 bridgehead atoms. The van der Waals surface area contributed by atoms with Crippen LogP contribution in [0.2, 0.25) is 0 Å². The summed E-state index contributed by atoms with van der Waals surface area (Å²) in [6.45, 7) is 2.29. The standard InChI is InChI=1S/C15H19NO5/c1-11(21-12-5-3-2-4-6-12)14(19)16-15(9-13(17)18)7-8-20-10-15/h2-6,11H,7-10H2,1H3,(H,16,19)(H,17,18). The highest BCUT2D eigenvalue weighted by Crippen LogP contribution is 2.23. The third-order valence-corrected chi connectivity index (χ3v) is 3.41. The smallest absolute Gasteiger partial charge is 0.305 e. The number of ether oxygens (including phenoxy) is 2. The predicted molar refractivity (Wildman–Crippen MR) is 75.1 cm³/mol. The van der Waals surface area contributed by atoms with Crippen molar-refractivity contribution in [3.8, 4) is 5.75 Å². The summed E-state index contributed by atoms with van der Waals surface area (Å²) in [7, 11) is 0. The van der Waals surface area contributed by atoms with Gasteiger partial charge in [-0.1, -0.05) is 18.2 Å². The summed E-state index contributed by atoms with van der Waals surface area (Å²) in [5, 5.41) is 11.8.